The van der Waals surface area contributed by atoms with Gasteiger partial charge in [0.2, 0.25) is 5.75 Å². The Bertz CT molecular complexity index is 1300. The minimum atomic E-state index is -1.03. The second-order valence-electron chi connectivity index (χ2n) is 8.06. The van der Waals surface area contributed by atoms with E-state index in [-0.39, 0.29) is 17.0 Å². The van der Waals surface area contributed by atoms with Gasteiger partial charge in [0, 0.05) is 10.2 Å². The molecule has 0 saturated carbocycles. The molecule has 2 aliphatic heterocycles. The highest BCUT2D eigenvalue weighted by Crippen LogP contribution is 2.48. The molecular weight excluding hydrogens is 516 g/mol. The van der Waals surface area contributed by atoms with Crippen molar-refractivity contribution in [2.45, 2.75) is 12.1 Å². The Morgan fingerprint density at radius 2 is 1.26 bits per heavy atom. The number of β-lactam (4-membered cyclic amide) rings is 1. The van der Waals surface area contributed by atoms with Crippen LogP contribution in [0, 0.1) is 0 Å². The van der Waals surface area contributed by atoms with Crippen molar-refractivity contribution in [3.8, 4) is 17.2 Å². The van der Waals surface area contributed by atoms with E-state index in [0.717, 1.165) is 9.37 Å². The Morgan fingerprint density at radius 3 is 1.74 bits per heavy atom. The number of methoxy groups -OCH3 is 3. The molecule has 9 heteroatoms. The molecule has 8 nitrogen and oxygen atoms in total. The summed E-state index contributed by atoms with van der Waals surface area (Å²) in [6.45, 7) is 0. The third-order valence-electron chi connectivity index (χ3n) is 6.30. The summed E-state index contributed by atoms with van der Waals surface area (Å²) in [5.74, 6) is -0.137. The van der Waals surface area contributed by atoms with E-state index in [0.29, 0.717) is 28.5 Å². The molecule has 0 aliphatic carbocycles. The molecule has 2 atom stereocenters. The van der Waals surface area contributed by atoms with E-state index in [1.165, 1.54) is 21.3 Å². The number of anilines is 1. The Labute approximate surface area is 210 Å². The van der Waals surface area contributed by atoms with Crippen LogP contribution in [0.2, 0.25) is 0 Å². The minimum absolute atomic E-state index is 0.288. The molecule has 2 heterocycles. The van der Waals surface area contributed by atoms with E-state index >= 15 is 0 Å². The van der Waals surface area contributed by atoms with Crippen LogP contribution >= 0.6 is 15.9 Å². The number of fused-ring (bicyclic) bond motifs is 1. The van der Waals surface area contributed by atoms with Crippen molar-refractivity contribution in [2.24, 2.45) is 0 Å². The summed E-state index contributed by atoms with van der Waals surface area (Å²) < 4.78 is 17.3. The van der Waals surface area contributed by atoms with E-state index in [9.17, 15) is 14.4 Å². The average molecular weight is 537 g/mol. The minimum Gasteiger partial charge on any atom is -0.493 e. The van der Waals surface area contributed by atoms with E-state index in [2.05, 4.69) is 15.9 Å². The zero-order chi connectivity index (χ0) is 24.9. The van der Waals surface area contributed by atoms with Crippen LogP contribution in [0.25, 0.3) is 0 Å². The predicted molar refractivity (Wildman–Crippen MR) is 131 cm³/mol. The summed E-state index contributed by atoms with van der Waals surface area (Å²) >= 11 is 3.41. The van der Waals surface area contributed by atoms with E-state index in [1.807, 2.05) is 12.1 Å². The second kappa shape index (κ2) is 8.74. The van der Waals surface area contributed by atoms with Gasteiger partial charge in [-0.15, -0.1) is 0 Å². The summed E-state index contributed by atoms with van der Waals surface area (Å²) in [5, 5.41) is 0. The number of carbonyl (C=O) groups excluding carboxylic acids is 3. The van der Waals surface area contributed by atoms with Gasteiger partial charge in [-0.3, -0.25) is 19.3 Å². The number of halogens is 1. The van der Waals surface area contributed by atoms with Crippen molar-refractivity contribution < 1.29 is 28.6 Å². The van der Waals surface area contributed by atoms with Gasteiger partial charge in [0.1, 0.15) is 6.04 Å². The molecule has 2 unspecified atom stereocenters. The zero-order valence-corrected chi connectivity index (χ0v) is 20.7. The monoisotopic (exact) mass is 536 g/mol. The molecule has 2 aliphatic rings. The summed E-state index contributed by atoms with van der Waals surface area (Å²) in [5.41, 5.74) is 1.83. The fourth-order valence-corrected chi connectivity index (χ4v) is 4.94. The highest BCUT2D eigenvalue weighted by Gasteiger charge is 2.57. The molecule has 1 fully saturated rings. The first-order valence-electron chi connectivity index (χ1n) is 10.8. The van der Waals surface area contributed by atoms with Gasteiger partial charge in [-0.25, -0.2) is 0 Å². The number of benzene rings is 3. The number of hydrogen-bond acceptors (Lipinski definition) is 6. The molecule has 3 amide bonds. The molecule has 178 valence electrons. The van der Waals surface area contributed by atoms with Crippen LogP contribution in [0.1, 0.15) is 32.3 Å². The molecule has 3 aromatic rings. The van der Waals surface area contributed by atoms with Gasteiger partial charge in [-0.2, -0.15) is 0 Å². The van der Waals surface area contributed by atoms with Crippen molar-refractivity contribution >= 4 is 39.3 Å². The van der Waals surface area contributed by atoms with Crippen molar-refractivity contribution in [1.82, 2.24) is 4.90 Å². The fourth-order valence-electron chi connectivity index (χ4n) is 4.68. The van der Waals surface area contributed by atoms with E-state index < -0.39 is 23.9 Å². The smallest absolute Gasteiger partial charge is 0.262 e. The first kappa shape index (κ1) is 22.9. The van der Waals surface area contributed by atoms with E-state index in [1.54, 1.807) is 53.4 Å². The molecule has 35 heavy (non-hydrogen) atoms. The maximum Gasteiger partial charge on any atom is 0.262 e. The first-order valence-corrected chi connectivity index (χ1v) is 11.6. The first-order chi connectivity index (χ1) is 16.9. The van der Waals surface area contributed by atoms with Crippen LogP contribution in [0.4, 0.5) is 5.69 Å². The number of rotatable bonds is 6. The Hall–Kier alpha value is -3.85. The van der Waals surface area contributed by atoms with Crippen molar-refractivity contribution in [3.63, 3.8) is 0 Å². The molecule has 1 saturated heterocycles. The fraction of sp³-hybridized carbons (Fsp3) is 0.192. The van der Waals surface area contributed by atoms with Crippen LogP contribution in [0.5, 0.6) is 17.2 Å². The van der Waals surface area contributed by atoms with Crippen LogP contribution in [0.3, 0.4) is 0 Å². The van der Waals surface area contributed by atoms with Gasteiger partial charge < -0.3 is 19.1 Å². The summed E-state index contributed by atoms with van der Waals surface area (Å²) in [4.78, 5) is 42.7. The van der Waals surface area contributed by atoms with Gasteiger partial charge >= 0.3 is 0 Å². The third kappa shape index (κ3) is 3.46. The van der Waals surface area contributed by atoms with Gasteiger partial charge in [-0.1, -0.05) is 28.1 Å². The Morgan fingerprint density at radius 1 is 0.714 bits per heavy atom. The zero-order valence-electron chi connectivity index (χ0n) is 19.2. The lowest BCUT2D eigenvalue weighted by Gasteiger charge is -2.49. The average Bonchev–Trinajstić information content (AvgIpc) is 3.12. The molecule has 0 N–H and O–H groups in total. The molecule has 0 aromatic heterocycles. The molecule has 0 spiro atoms. The highest BCUT2D eigenvalue weighted by atomic mass is 79.9. The lowest BCUT2D eigenvalue weighted by Crippen LogP contribution is -2.67. The number of carbonyl (C=O) groups is 3. The summed E-state index contributed by atoms with van der Waals surface area (Å²) in [6.07, 6.45) is 0. The number of amides is 3. The molecule has 5 rings (SSSR count). The SMILES string of the molecule is COc1cc(C2C(N3C(=O)c4ccccc4C3=O)C(=O)N2c2ccc(Br)cc2)cc(OC)c1OC. The van der Waals surface area contributed by atoms with Crippen LogP contribution in [-0.4, -0.2) is 50.0 Å². The van der Waals surface area contributed by atoms with Crippen LogP contribution < -0.4 is 19.1 Å². The summed E-state index contributed by atoms with van der Waals surface area (Å²) in [7, 11) is 4.50. The van der Waals surface area contributed by atoms with E-state index in [4.69, 9.17) is 14.2 Å². The topological polar surface area (TPSA) is 85.4 Å². The van der Waals surface area contributed by atoms with Crippen molar-refractivity contribution in [1.29, 1.82) is 0 Å². The standard InChI is InChI=1S/C26H21BrN2O6/c1-33-19-12-14(13-20(34-2)23(19)35-3)21-22(26(32)28(21)16-10-8-15(27)9-11-16)29-24(30)17-6-4-5-7-18(17)25(29)31/h4-13,21-22H,1-3H3. The lowest BCUT2D eigenvalue weighted by atomic mass is 9.86. The summed E-state index contributed by atoms with van der Waals surface area (Å²) in [6, 6.07) is 15.6. The second-order valence-corrected chi connectivity index (χ2v) is 8.97. The molecular formula is C26H21BrN2O6. The van der Waals surface area contributed by atoms with Crippen LogP contribution in [0.15, 0.2) is 65.1 Å². The predicted octanol–water partition coefficient (Wildman–Crippen LogP) is 4.23. The number of hydrogen-bond donors (Lipinski definition) is 0. The van der Waals surface area contributed by atoms with Gasteiger partial charge in [0.25, 0.3) is 17.7 Å². The van der Waals surface area contributed by atoms with Gasteiger partial charge in [0.15, 0.2) is 11.5 Å². The van der Waals surface area contributed by atoms with Crippen molar-refractivity contribution in [3.05, 3.63) is 81.8 Å². The Balaban J connectivity index is 1.65. The number of nitrogens with zero attached hydrogens (tertiary/aromatic N) is 2. The quantitative estimate of drug-likeness (QED) is 0.346. The Kier molecular flexibility index (Phi) is 5.72. The van der Waals surface area contributed by atoms with Gasteiger partial charge in [0.05, 0.1) is 38.5 Å². The molecule has 3 aromatic carbocycles. The largest absolute Gasteiger partial charge is 0.493 e. The molecule has 0 bridgehead atoms. The third-order valence-corrected chi connectivity index (χ3v) is 6.83. The van der Waals surface area contributed by atoms with Crippen LogP contribution in [-0.2, 0) is 4.79 Å². The molecule has 0 radical (unpaired) electrons. The number of ether oxygens (including phenoxy) is 3. The maximum atomic E-state index is 13.6. The number of imide groups is 1. The van der Waals surface area contributed by atoms with Crippen molar-refractivity contribution in [2.75, 3.05) is 26.2 Å². The maximum absolute atomic E-state index is 13.6. The normalized spacial score (nSPS) is 18.9. The van der Waals surface area contributed by atoms with Gasteiger partial charge in [-0.05, 0) is 54.1 Å². The highest BCUT2D eigenvalue weighted by molar-refractivity contribution is 9.10. The lowest BCUT2D eigenvalue weighted by molar-refractivity contribution is -0.130.